The molecule has 0 saturated carbocycles. The highest BCUT2D eigenvalue weighted by Gasteiger charge is 2.16. The zero-order chi connectivity index (χ0) is 12.7. The van der Waals surface area contributed by atoms with Gasteiger partial charge in [0.2, 0.25) is 0 Å². The average Bonchev–Trinajstić information content (AvgIpc) is 2.34. The molecule has 1 radical (unpaired) electrons. The number of hydrogen-bond acceptors (Lipinski definition) is 4. The van der Waals surface area contributed by atoms with Crippen LogP contribution in [-0.4, -0.2) is 37.3 Å². The van der Waals surface area contributed by atoms with Gasteiger partial charge in [-0.15, -0.1) is 0 Å². The molecule has 87 valence electrons. The molecule has 0 heterocycles. The van der Waals surface area contributed by atoms with Crippen LogP contribution in [-0.2, 0) is 14.2 Å². The third-order valence-electron chi connectivity index (χ3n) is 1.93. The second-order valence-corrected chi connectivity index (χ2v) is 3.17. The van der Waals surface area contributed by atoms with Crippen molar-refractivity contribution in [1.82, 2.24) is 0 Å². The predicted molar refractivity (Wildman–Crippen MR) is 63.5 cm³/mol. The number of hydrogen-bond donors (Lipinski definition) is 1. The summed E-state index contributed by atoms with van der Waals surface area (Å²) in [6.45, 7) is 0. The number of benzene rings is 1. The molecule has 0 aliphatic rings. The van der Waals surface area contributed by atoms with Gasteiger partial charge in [0, 0.05) is 7.05 Å². The Hall–Kier alpha value is -2.11. The number of carboxylic acid groups (broad SMARTS) is 1. The van der Waals surface area contributed by atoms with Crippen LogP contribution in [0.3, 0.4) is 0 Å². The minimum atomic E-state index is -1.12. The molecule has 0 atom stereocenters. The summed E-state index contributed by atoms with van der Waals surface area (Å²) in [5.74, 6) is -1.87. The second-order valence-electron chi connectivity index (χ2n) is 3.17. The van der Waals surface area contributed by atoms with Crippen LogP contribution in [0.25, 0.3) is 0 Å². The Morgan fingerprint density at radius 3 is 2.53 bits per heavy atom. The molecule has 0 unspecified atom stereocenters. The van der Waals surface area contributed by atoms with Gasteiger partial charge in [0.25, 0.3) is 0 Å². The predicted octanol–water partition coefficient (Wildman–Crippen LogP) is 0.0198. The van der Waals surface area contributed by atoms with Crippen molar-refractivity contribution in [2.24, 2.45) is 4.99 Å². The van der Waals surface area contributed by atoms with Gasteiger partial charge in [0.1, 0.15) is 5.71 Å². The Kier molecular flexibility index (Phi) is 4.93. The summed E-state index contributed by atoms with van der Waals surface area (Å²) >= 11 is 0. The Bertz CT molecular complexity index is 430. The molecule has 1 aromatic rings. The molecule has 5 nitrogen and oxygen atoms in total. The van der Waals surface area contributed by atoms with E-state index in [1.807, 2.05) is 6.07 Å². The molecule has 0 aliphatic heterocycles. The first kappa shape index (κ1) is 13.0. The number of nitrogens with zero attached hydrogens (tertiary/aromatic N) is 1. The molecular weight excluding hydrogens is 221 g/mol. The standard InChI is InChI=1S/C11H11BNO4/c1-13-9(7-10(14)15)11(16)17-12-8-5-3-2-4-6-8/h2-6H,7H2,1H3,(H,14,15). The van der Waals surface area contributed by atoms with Crippen molar-refractivity contribution < 1.29 is 19.3 Å². The van der Waals surface area contributed by atoms with Crippen molar-refractivity contribution in [3.63, 3.8) is 0 Å². The molecule has 0 bridgehead atoms. The molecule has 0 aromatic heterocycles. The third-order valence-corrected chi connectivity index (χ3v) is 1.93. The lowest BCUT2D eigenvalue weighted by Crippen LogP contribution is -2.27. The van der Waals surface area contributed by atoms with Gasteiger partial charge in [-0.3, -0.25) is 9.79 Å². The highest BCUT2D eigenvalue weighted by Crippen LogP contribution is 1.91. The molecule has 0 amide bonds. The molecule has 0 saturated heterocycles. The summed E-state index contributed by atoms with van der Waals surface area (Å²) in [5, 5.41) is 8.55. The quantitative estimate of drug-likeness (QED) is 0.573. The van der Waals surface area contributed by atoms with Gasteiger partial charge >= 0.3 is 19.4 Å². The van der Waals surface area contributed by atoms with Gasteiger partial charge in [0.15, 0.2) is 0 Å². The summed E-state index contributed by atoms with van der Waals surface area (Å²) in [6.07, 6.45) is -0.446. The number of carbonyl (C=O) groups is 2. The fraction of sp³-hybridized carbons (Fsp3) is 0.182. The van der Waals surface area contributed by atoms with E-state index < -0.39 is 18.4 Å². The molecule has 0 spiro atoms. The van der Waals surface area contributed by atoms with E-state index >= 15 is 0 Å². The molecule has 1 aromatic carbocycles. The van der Waals surface area contributed by atoms with Crippen LogP contribution < -0.4 is 5.46 Å². The third kappa shape index (κ3) is 4.50. The van der Waals surface area contributed by atoms with Crippen LogP contribution in [0, 0.1) is 0 Å². The van der Waals surface area contributed by atoms with Crippen molar-refractivity contribution in [3.8, 4) is 0 Å². The fourth-order valence-corrected chi connectivity index (χ4v) is 1.11. The number of aliphatic imine (C=N–C) groups is 1. The van der Waals surface area contributed by atoms with E-state index in [1.165, 1.54) is 14.5 Å². The average molecular weight is 232 g/mol. The van der Waals surface area contributed by atoms with E-state index in [9.17, 15) is 9.59 Å². The summed E-state index contributed by atoms with van der Waals surface area (Å²) in [5.41, 5.74) is 0.594. The van der Waals surface area contributed by atoms with Crippen LogP contribution in [0.4, 0.5) is 0 Å². The van der Waals surface area contributed by atoms with Crippen molar-refractivity contribution in [2.75, 3.05) is 7.05 Å². The maximum absolute atomic E-state index is 11.4. The van der Waals surface area contributed by atoms with Crippen LogP contribution in [0.5, 0.6) is 0 Å². The van der Waals surface area contributed by atoms with E-state index in [0.29, 0.717) is 5.46 Å². The van der Waals surface area contributed by atoms with Gasteiger partial charge in [-0.05, 0) is 5.46 Å². The van der Waals surface area contributed by atoms with Crippen LogP contribution in [0.15, 0.2) is 35.3 Å². The Morgan fingerprint density at radius 1 is 1.35 bits per heavy atom. The van der Waals surface area contributed by atoms with Gasteiger partial charge in [-0.1, -0.05) is 30.3 Å². The summed E-state index contributed by atoms with van der Waals surface area (Å²) in [4.78, 5) is 25.5. The topological polar surface area (TPSA) is 76.0 Å². The molecular formula is C11H11BNO4. The van der Waals surface area contributed by atoms with Crippen molar-refractivity contribution in [2.45, 2.75) is 6.42 Å². The summed E-state index contributed by atoms with van der Waals surface area (Å²) in [6, 6.07) is 8.94. The molecule has 1 rings (SSSR count). The minimum absolute atomic E-state index is 0.121. The van der Waals surface area contributed by atoms with Crippen molar-refractivity contribution >= 4 is 30.6 Å². The van der Waals surface area contributed by atoms with Gasteiger partial charge in [0.05, 0.1) is 6.42 Å². The van der Waals surface area contributed by atoms with Crippen molar-refractivity contribution in [3.05, 3.63) is 30.3 Å². The Morgan fingerprint density at radius 2 is 2.00 bits per heavy atom. The first-order valence-corrected chi connectivity index (χ1v) is 4.90. The second kappa shape index (κ2) is 6.47. The smallest absolute Gasteiger partial charge is 0.413 e. The van der Waals surface area contributed by atoms with Gasteiger partial charge < -0.3 is 9.76 Å². The van der Waals surface area contributed by atoms with E-state index in [1.54, 1.807) is 24.3 Å². The van der Waals surface area contributed by atoms with Gasteiger partial charge in [-0.25, -0.2) is 4.79 Å². The van der Waals surface area contributed by atoms with E-state index in [-0.39, 0.29) is 5.71 Å². The zero-order valence-corrected chi connectivity index (χ0v) is 9.29. The molecule has 17 heavy (non-hydrogen) atoms. The molecule has 0 fully saturated rings. The maximum atomic E-state index is 11.4. The number of aliphatic carboxylic acids is 1. The maximum Gasteiger partial charge on any atom is 0.413 e. The molecule has 6 heteroatoms. The number of carboxylic acids is 1. The number of carbonyl (C=O) groups excluding carboxylic acids is 1. The highest BCUT2D eigenvalue weighted by atomic mass is 16.5. The van der Waals surface area contributed by atoms with E-state index in [2.05, 4.69) is 4.99 Å². The van der Waals surface area contributed by atoms with Crippen LogP contribution in [0.2, 0.25) is 0 Å². The lowest BCUT2D eigenvalue weighted by molar-refractivity contribution is -0.136. The molecule has 1 N–H and O–H groups in total. The Balaban J connectivity index is 2.52. The minimum Gasteiger partial charge on any atom is -0.529 e. The van der Waals surface area contributed by atoms with E-state index in [0.717, 1.165) is 0 Å². The zero-order valence-electron chi connectivity index (χ0n) is 9.29. The van der Waals surface area contributed by atoms with Crippen molar-refractivity contribution in [1.29, 1.82) is 0 Å². The van der Waals surface area contributed by atoms with Crippen LogP contribution >= 0.6 is 0 Å². The largest absolute Gasteiger partial charge is 0.529 e. The number of rotatable bonds is 5. The fourth-order valence-electron chi connectivity index (χ4n) is 1.11. The molecule has 0 aliphatic carbocycles. The Labute approximate surface area is 99.4 Å². The first-order chi connectivity index (χ1) is 8.13. The SMILES string of the molecule is CN=C(CC(=O)O)C(=O)O[B]c1ccccc1. The normalized spacial score (nSPS) is 10.8. The monoisotopic (exact) mass is 232 g/mol. The van der Waals surface area contributed by atoms with Crippen LogP contribution in [0.1, 0.15) is 6.42 Å². The van der Waals surface area contributed by atoms with E-state index in [4.69, 9.17) is 9.76 Å². The lowest BCUT2D eigenvalue weighted by atomic mass is 9.88. The van der Waals surface area contributed by atoms with Gasteiger partial charge in [-0.2, -0.15) is 0 Å². The summed E-state index contributed by atoms with van der Waals surface area (Å²) in [7, 11) is 2.61. The summed E-state index contributed by atoms with van der Waals surface area (Å²) < 4.78 is 4.82. The lowest BCUT2D eigenvalue weighted by Gasteiger charge is -2.04. The highest BCUT2D eigenvalue weighted by molar-refractivity contribution is 6.53. The first-order valence-electron chi connectivity index (χ1n) is 4.90.